The predicted molar refractivity (Wildman–Crippen MR) is 87.2 cm³/mol. The smallest absolute Gasteiger partial charge is 0.288 e. The molecular weight excluding hydrogens is 346 g/mol. The van der Waals surface area contributed by atoms with E-state index in [-0.39, 0.29) is 21.4 Å². The quantitative estimate of drug-likeness (QED) is 0.491. The first-order chi connectivity index (χ1) is 10.9. The molecule has 2 rings (SSSR count). The van der Waals surface area contributed by atoms with Crippen LogP contribution in [0.1, 0.15) is 5.56 Å². The molecule has 0 aliphatic rings. The van der Waals surface area contributed by atoms with Crippen LogP contribution in [-0.2, 0) is 4.79 Å². The highest BCUT2D eigenvalue weighted by molar-refractivity contribution is 6.32. The number of halogens is 3. The highest BCUT2D eigenvalue weighted by Crippen LogP contribution is 2.25. The Hall–Kier alpha value is -2.44. The van der Waals surface area contributed by atoms with Gasteiger partial charge in [0.1, 0.15) is 10.8 Å². The fraction of sp³-hybridized carbons (Fsp3) is 0. The van der Waals surface area contributed by atoms with Crippen LogP contribution >= 0.6 is 23.2 Å². The molecule has 23 heavy (non-hydrogen) atoms. The van der Waals surface area contributed by atoms with E-state index in [0.29, 0.717) is 5.56 Å². The summed E-state index contributed by atoms with van der Waals surface area (Å²) < 4.78 is 13.5. The van der Waals surface area contributed by atoms with E-state index in [4.69, 9.17) is 23.2 Å². The third-order valence-corrected chi connectivity index (χ3v) is 3.34. The molecule has 0 atom stereocenters. The van der Waals surface area contributed by atoms with Gasteiger partial charge in [0.2, 0.25) is 5.91 Å². The monoisotopic (exact) mass is 354 g/mol. The van der Waals surface area contributed by atoms with E-state index >= 15 is 0 Å². The van der Waals surface area contributed by atoms with Crippen LogP contribution in [0.2, 0.25) is 10.0 Å². The number of hydrogen-bond acceptors (Lipinski definition) is 3. The summed E-state index contributed by atoms with van der Waals surface area (Å²) in [5, 5.41) is 13.4. The Morgan fingerprint density at radius 1 is 1.22 bits per heavy atom. The third kappa shape index (κ3) is 4.51. The summed E-state index contributed by atoms with van der Waals surface area (Å²) in [7, 11) is 0. The van der Waals surface area contributed by atoms with Gasteiger partial charge in [-0.1, -0.05) is 29.3 Å². The maximum Gasteiger partial charge on any atom is 0.288 e. The van der Waals surface area contributed by atoms with Gasteiger partial charge in [-0.05, 0) is 35.9 Å². The second kappa shape index (κ2) is 7.21. The lowest BCUT2D eigenvalue weighted by molar-refractivity contribution is -0.384. The first-order valence-electron chi connectivity index (χ1n) is 6.25. The molecule has 0 heterocycles. The molecule has 0 aliphatic heterocycles. The minimum atomic E-state index is -0.627. The van der Waals surface area contributed by atoms with Crippen LogP contribution in [0.4, 0.5) is 15.8 Å². The Balaban J connectivity index is 2.14. The van der Waals surface area contributed by atoms with Gasteiger partial charge in [0, 0.05) is 17.2 Å². The number of anilines is 1. The molecule has 1 amide bonds. The van der Waals surface area contributed by atoms with Gasteiger partial charge in [0.15, 0.2) is 0 Å². The van der Waals surface area contributed by atoms with Crippen LogP contribution in [0.25, 0.3) is 6.08 Å². The first-order valence-corrected chi connectivity index (χ1v) is 7.00. The molecule has 118 valence electrons. The Morgan fingerprint density at radius 3 is 2.65 bits per heavy atom. The molecule has 2 aromatic carbocycles. The number of rotatable bonds is 4. The lowest BCUT2D eigenvalue weighted by atomic mass is 10.2. The van der Waals surface area contributed by atoms with Crippen molar-refractivity contribution in [2.24, 2.45) is 0 Å². The second-order valence-electron chi connectivity index (χ2n) is 4.41. The lowest BCUT2D eigenvalue weighted by Gasteiger charge is -2.04. The van der Waals surface area contributed by atoms with E-state index < -0.39 is 16.6 Å². The van der Waals surface area contributed by atoms with E-state index in [2.05, 4.69) is 5.32 Å². The van der Waals surface area contributed by atoms with Gasteiger partial charge in [-0.2, -0.15) is 0 Å². The SMILES string of the molecule is O=C(/C=C/c1ccc(Cl)c([N+](=O)[O-])c1)Nc1cc(Cl)ccc1F. The fourth-order valence-electron chi connectivity index (χ4n) is 1.71. The third-order valence-electron chi connectivity index (χ3n) is 2.78. The average Bonchev–Trinajstić information content (AvgIpc) is 2.50. The molecule has 0 aliphatic carbocycles. The molecule has 8 heteroatoms. The molecular formula is C15H9Cl2FN2O3. The summed E-state index contributed by atoms with van der Waals surface area (Å²) in [6.07, 6.45) is 2.47. The molecule has 5 nitrogen and oxygen atoms in total. The Morgan fingerprint density at radius 2 is 1.96 bits per heavy atom. The lowest BCUT2D eigenvalue weighted by Crippen LogP contribution is -2.09. The summed E-state index contributed by atoms with van der Waals surface area (Å²) in [6, 6.07) is 7.86. The van der Waals surface area contributed by atoms with Gasteiger partial charge in [-0.3, -0.25) is 14.9 Å². The average molecular weight is 355 g/mol. The zero-order chi connectivity index (χ0) is 17.0. The van der Waals surface area contributed by atoms with Crippen molar-refractivity contribution >= 4 is 46.6 Å². The molecule has 1 N–H and O–H groups in total. The maximum absolute atomic E-state index is 13.5. The molecule has 0 spiro atoms. The van der Waals surface area contributed by atoms with E-state index in [1.54, 1.807) is 0 Å². The van der Waals surface area contributed by atoms with Crippen molar-refractivity contribution in [2.75, 3.05) is 5.32 Å². The van der Waals surface area contributed by atoms with Crippen molar-refractivity contribution in [3.63, 3.8) is 0 Å². The molecule has 0 fully saturated rings. The molecule has 0 saturated heterocycles. The Kier molecular flexibility index (Phi) is 5.31. The minimum absolute atomic E-state index is 0.00222. The zero-order valence-electron chi connectivity index (χ0n) is 11.4. The van der Waals surface area contributed by atoms with Crippen molar-refractivity contribution in [3.05, 3.63) is 74.0 Å². The summed E-state index contributed by atoms with van der Waals surface area (Å²) >= 11 is 11.4. The highest BCUT2D eigenvalue weighted by atomic mass is 35.5. The summed E-state index contributed by atoms with van der Waals surface area (Å²) in [5.41, 5.74) is 0.0761. The molecule has 0 saturated carbocycles. The van der Waals surface area contributed by atoms with Gasteiger partial charge in [0.25, 0.3) is 5.69 Å². The second-order valence-corrected chi connectivity index (χ2v) is 5.26. The fourth-order valence-corrected chi connectivity index (χ4v) is 2.07. The summed E-state index contributed by atoms with van der Waals surface area (Å²) in [5.74, 6) is -1.23. The van der Waals surface area contributed by atoms with E-state index in [1.165, 1.54) is 36.4 Å². The summed E-state index contributed by atoms with van der Waals surface area (Å²) in [4.78, 5) is 21.9. The highest BCUT2D eigenvalue weighted by Gasteiger charge is 2.12. The summed E-state index contributed by atoms with van der Waals surface area (Å²) in [6.45, 7) is 0. The van der Waals surface area contributed by atoms with E-state index in [0.717, 1.165) is 12.1 Å². The minimum Gasteiger partial charge on any atom is -0.320 e. The zero-order valence-corrected chi connectivity index (χ0v) is 12.9. The molecule has 2 aromatic rings. The van der Waals surface area contributed by atoms with Crippen LogP contribution < -0.4 is 5.32 Å². The maximum atomic E-state index is 13.5. The molecule has 0 aromatic heterocycles. The number of nitro groups is 1. The molecule has 0 bridgehead atoms. The number of nitrogens with one attached hydrogen (secondary N) is 1. The van der Waals surface area contributed by atoms with Crippen LogP contribution in [0.15, 0.2) is 42.5 Å². The number of hydrogen-bond donors (Lipinski definition) is 1. The predicted octanol–water partition coefficient (Wildman–Crippen LogP) is 4.69. The van der Waals surface area contributed by atoms with Crippen LogP contribution in [-0.4, -0.2) is 10.8 Å². The van der Waals surface area contributed by atoms with Gasteiger partial charge in [-0.15, -0.1) is 0 Å². The van der Waals surface area contributed by atoms with E-state index in [9.17, 15) is 19.3 Å². The number of carbonyl (C=O) groups excluding carboxylic acids is 1. The van der Waals surface area contributed by atoms with Crippen LogP contribution in [0.5, 0.6) is 0 Å². The van der Waals surface area contributed by atoms with Crippen molar-refractivity contribution in [1.82, 2.24) is 0 Å². The van der Waals surface area contributed by atoms with Crippen LogP contribution in [0, 0.1) is 15.9 Å². The van der Waals surface area contributed by atoms with Crippen molar-refractivity contribution in [1.29, 1.82) is 0 Å². The van der Waals surface area contributed by atoms with Gasteiger partial charge in [0.05, 0.1) is 10.6 Å². The largest absolute Gasteiger partial charge is 0.320 e. The number of amides is 1. The molecule has 0 unspecified atom stereocenters. The molecule has 0 radical (unpaired) electrons. The topological polar surface area (TPSA) is 72.2 Å². The Bertz CT molecular complexity index is 809. The number of nitrogens with zero attached hydrogens (tertiary/aromatic N) is 1. The normalized spacial score (nSPS) is 10.7. The number of carbonyl (C=O) groups is 1. The van der Waals surface area contributed by atoms with E-state index in [1.807, 2.05) is 0 Å². The van der Waals surface area contributed by atoms with Crippen molar-refractivity contribution < 1.29 is 14.1 Å². The Labute approximate surface area is 140 Å². The van der Waals surface area contributed by atoms with Gasteiger partial charge in [-0.25, -0.2) is 4.39 Å². The van der Waals surface area contributed by atoms with Gasteiger partial charge < -0.3 is 5.32 Å². The van der Waals surface area contributed by atoms with Crippen molar-refractivity contribution in [2.45, 2.75) is 0 Å². The van der Waals surface area contributed by atoms with Gasteiger partial charge >= 0.3 is 0 Å². The standard InChI is InChI=1S/C15H9Cl2FN2O3/c16-10-3-5-12(18)13(8-10)19-15(21)6-2-9-1-4-11(17)14(7-9)20(22)23/h1-8H,(H,19,21)/b6-2+. The van der Waals surface area contributed by atoms with Crippen molar-refractivity contribution in [3.8, 4) is 0 Å². The first kappa shape index (κ1) is 16.9. The van der Waals surface area contributed by atoms with Crippen LogP contribution in [0.3, 0.4) is 0 Å². The number of benzene rings is 2. The number of nitro benzene ring substituents is 1.